The average molecular weight is 490 g/mol. The smallest absolute Gasteiger partial charge is 0.406 e. The van der Waals surface area contributed by atoms with Crippen molar-refractivity contribution in [3.63, 3.8) is 0 Å². The lowest BCUT2D eigenvalue weighted by molar-refractivity contribution is -0.274. The Bertz CT molecular complexity index is 855. The molecular formula is C22H30F3N3O4S. The monoisotopic (exact) mass is 489 g/mol. The predicted octanol–water partition coefficient (Wildman–Crippen LogP) is 4.62. The molecule has 1 aliphatic heterocycles. The third-order valence-electron chi connectivity index (χ3n) is 7.64. The SMILES string of the molecule is O=C(CN1CCCN(c2ccc(OC(F)(F)F)cc2)S1(O)O)NC1C2CC3CC(C2)CC1C3. The van der Waals surface area contributed by atoms with Gasteiger partial charge in [-0.2, -0.15) is 4.31 Å². The average Bonchev–Trinajstić information content (AvgIpc) is 2.71. The van der Waals surface area contributed by atoms with E-state index in [4.69, 9.17) is 0 Å². The van der Waals surface area contributed by atoms with Crippen molar-refractivity contribution < 1.29 is 31.8 Å². The first kappa shape index (κ1) is 23.1. The molecule has 1 saturated heterocycles. The van der Waals surface area contributed by atoms with Gasteiger partial charge in [0.15, 0.2) is 0 Å². The molecule has 4 saturated carbocycles. The highest BCUT2D eigenvalue weighted by Gasteiger charge is 2.49. The van der Waals surface area contributed by atoms with Gasteiger partial charge in [0, 0.05) is 19.1 Å². The second-order valence-electron chi connectivity index (χ2n) is 9.87. The largest absolute Gasteiger partial charge is 0.573 e. The molecule has 7 nitrogen and oxygen atoms in total. The van der Waals surface area contributed by atoms with Gasteiger partial charge in [0.2, 0.25) is 5.91 Å². The Morgan fingerprint density at radius 3 is 2.21 bits per heavy atom. The molecule has 4 bridgehead atoms. The van der Waals surface area contributed by atoms with E-state index in [1.165, 1.54) is 52.8 Å². The number of carbonyl (C=O) groups excluding carboxylic acids is 1. The summed E-state index contributed by atoms with van der Waals surface area (Å²) in [4.78, 5) is 12.9. The van der Waals surface area contributed by atoms with E-state index in [1.54, 1.807) is 0 Å². The molecule has 3 N–H and O–H groups in total. The summed E-state index contributed by atoms with van der Waals surface area (Å²) < 4.78 is 65.7. The first-order valence-corrected chi connectivity index (χ1v) is 13.0. The number of nitrogens with zero attached hydrogens (tertiary/aromatic N) is 2. The maximum absolute atomic E-state index is 12.9. The lowest BCUT2D eigenvalue weighted by Crippen LogP contribution is -2.57. The van der Waals surface area contributed by atoms with Gasteiger partial charge in [0.25, 0.3) is 0 Å². The number of hydrogen-bond acceptors (Lipinski definition) is 6. The maximum atomic E-state index is 12.9. The first-order chi connectivity index (χ1) is 15.6. The quantitative estimate of drug-likeness (QED) is 0.560. The molecule has 0 aromatic heterocycles. The lowest BCUT2D eigenvalue weighted by Gasteiger charge is -2.55. The van der Waals surface area contributed by atoms with Crippen LogP contribution in [0.25, 0.3) is 0 Å². The topological polar surface area (TPSA) is 85.3 Å². The Hall–Kier alpha value is -1.69. The van der Waals surface area contributed by atoms with Crippen molar-refractivity contribution in [1.82, 2.24) is 9.62 Å². The second-order valence-corrected chi connectivity index (χ2v) is 11.8. The Morgan fingerprint density at radius 1 is 1.03 bits per heavy atom. The zero-order valence-corrected chi connectivity index (χ0v) is 19.0. The first-order valence-electron chi connectivity index (χ1n) is 11.5. The fourth-order valence-electron chi connectivity index (χ4n) is 6.58. The predicted molar refractivity (Wildman–Crippen MR) is 118 cm³/mol. The van der Waals surface area contributed by atoms with Crippen molar-refractivity contribution in [2.75, 3.05) is 23.9 Å². The minimum Gasteiger partial charge on any atom is -0.406 e. The van der Waals surface area contributed by atoms with E-state index in [-0.39, 0.29) is 24.2 Å². The van der Waals surface area contributed by atoms with Gasteiger partial charge in [-0.3, -0.25) is 18.2 Å². The Labute approximate surface area is 192 Å². The van der Waals surface area contributed by atoms with E-state index >= 15 is 0 Å². The normalized spacial score (nSPS) is 34.2. The Morgan fingerprint density at radius 2 is 1.64 bits per heavy atom. The van der Waals surface area contributed by atoms with Crippen molar-refractivity contribution in [3.05, 3.63) is 24.3 Å². The molecule has 1 aromatic carbocycles. The van der Waals surface area contributed by atoms with E-state index in [9.17, 15) is 27.1 Å². The zero-order chi connectivity index (χ0) is 23.4. The van der Waals surface area contributed by atoms with Gasteiger partial charge in [-0.05, 0) is 86.5 Å². The van der Waals surface area contributed by atoms with Gasteiger partial charge in [0.05, 0.1) is 12.2 Å². The van der Waals surface area contributed by atoms with Crippen LogP contribution in [0.1, 0.15) is 38.5 Å². The number of anilines is 1. The molecule has 4 aliphatic carbocycles. The minimum atomic E-state index is -4.79. The molecule has 6 rings (SSSR count). The number of alkyl halides is 3. The summed E-state index contributed by atoms with van der Waals surface area (Å²) in [5, 5.41) is 3.20. The van der Waals surface area contributed by atoms with Crippen LogP contribution in [-0.2, 0) is 4.79 Å². The van der Waals surface area contributed by atoms with Crippen LogP contribution in [0.4, 0.5) is 18.9 Å². The van der Waals surface area contributed by atoms with Crippen molar-refractivity contribution in [2.45, 2.75) is 50.9 Å². The van der Waals surface area contributed by atoms with Crippen molar-refractivity contribution in [1.29, 1.82) is 0 Å². The molecule has 184 valence electrons. The number of halogens is 3. The van der Waals surface area contributed by atoms with Gasteiger partial charge in [-0.15, -0.1) is 13.2 Å². The van der Waals surface area contributed by atoms with Gasteiger partial charge in [-0.25, -0.2) is 0 Å². The molecule has 5 fully saturated rings. The Balaban J connectivity index is 1.22. The van der Waals surface area contributed by atoms with Crippen LogP contribution in [0.15, 0.2) is 24.3 Å². The standard InChI is InChI=1S/C22H30F3N3O4S/c23-22(24,25)32-19-4-2-18(3-5-19)28-7-1-6-27(33(28,30)31)13-20(29)26-21-16-9-14-8-15(11-16)12-17(21)10-14/h2-5,14-17,21,30-31H,1,6-13H2,(H,26,29). The maximum Gasteiger partial charge on any atom is 0.573 e. The van der Waals surface area contributed by atoms with E-state index in [0.717, 1.165) is 24.0 Å². The zero-order valence-electron chi connectivity index (χ0n) is 18.2. The third kappa shape index (κ3) is 4.78. The molecule has 0 unspecified atom stereocenters. The van der Waals surface area contributed by atoms with E-state index in [2.05, 4.69) is 10.1 Å². The second kappa shape index (κ2) is 8.51. The highest BCUT2D eigenvalue weighted by Crippen LogP contribution is 2.54. The highest BCUT2D eigenvalue weighted by atomic mass is 32.3. The molecule has 0 radical (unpaired) electrons. The molecule has 0 spiro atoms. The fourth-order valence-corrected chi connectivity index (χ4v) is 8.30. The summed E-state index contributed by atoms with van der Waals surface area (Å²) in [6.45, 7) is 0.537. The summed E-state index contributed by atoms with van der Waals surface area (Å²) in [6, 6.07) is 5.15. The number of rotatable bonds is 5. The van der Waals surface area contributed by atoms with E-state index in [0.29, 0.717) is 37.0 Å². The minimum absolute atomic E-state index is 0.128. The van der Waals surface area contributed by atoms with Crippen molar-refractivity contribution in [2.24, 2.45) is 23.7 Å². The number of hydrogen-bond donors (Lipinski definition) is 3. The number of amides is 1. The highest BCUT2D eigenvalue weighted by molar-refractivity contribution is 8.23. The summed E-state index contributed by atoms with van der Waals surface area (Å²) in [5.74, 6) is 2.07. The van der Waals surface area contributed by atoms with Crippen LogP contribution in [0.3, 0.4) is 0 Å². The molecule has 5 aliphatic rings. The summed E-state index contributed by atoms with van der Waals surface area (Å²) in [6.07, 6.45) is 1.84. The number of benzene rings is 1. The van der Waals surface area contributed by atoms with Crippen LogP contribution >= 0.6 is 11.0 Å². The number of carbonyl (C=O) groups is 1. The van der Waals surface area contributed by atoms with Crippen LogP contribution in [0.5, 0.6) is 5.75 Å². The van der Waals surface area contributed by atoms with Crippen LogP contribution < -0.4 is 14.4 Å². The third-order valence-corrected chi connectivity index (χ3v) is 9.63. The molecule has 11 heteroatoms. The van der Waals surface area contributed by atoms with E-state index < -0.39 is 17.3 Å². The molecule has 1 amide bonds. The number of nitrogens with one attached hydrogen (secondary N) is 1. The Kier molecular flexibility index (Phi) is 5.95. The summed E-state index contributed by atoms with van der Waals surface area (Å²) in [7, 11) is -3.48. The van der Waals surface area contributed by atoms with Gasteiger partial charge < -0.3 is 10.1 Å². The van der Waals surface area contributed by atoms with Gasteiger partial charge in [-0.1, -0.05) is 11.0 Å². The summed E-state index contributed by atoms with van der Waals surface area (Å²) in [5.41, 5.74) is 0.357. The van der Waals surface area contributed by atoms with E-state index in [1.807, 2.05) is 0 Å². The lowest BCUT2D eigenvalue weighted by atomic mass is 9.54. The van der Waals surface area contributed by atoms with Gasteiger partial charge in [0.1, 0.15) is 5.75 Å². The molecule has 33 heavy (non-hydrogen) atoms. The summed E-state index contributed by atoms with van der Waals surface area (Å²) >= 11 is 0. The van der Waals surface area contributed by atoms with Gasteiger partial charge >= 0.3 is 6.36 Å². The molecule has 1 heterocycles. The number of ether oxygens (including phenoxy) is 1. The van der Waals surface area contributed by atoms with Crippen molar-refractivity contribution >= 4 is 22.6 Å². The molecular weight excluding hydrogens is 459 g/mol. The van der Waals surface area contributed by atoms with Crippen LogP contribution in [-0.4, -0.2) is 51.4 Å². The molecule has 1 aromatic rings. The van der Waals surface area contributed by atoms with Crippen LogP contribution in [0.2, 0.25) is 0 Å². The fraction of sp³-hybridized carbons (Fsp3) is 0.682. The van der Waals surface area contributed by atoms with Crippen LogP contribution in [0, 0.1) is 23.7 Å². The van der Waals surface area contributed by atoms with Crippen molar-refractivity contribution in [3.8, 4) is 5.75 Å². The molecule has 0 atom stereocenters.